The number of hydrogen-bond donors (Lipinski definition) is 1. The second-order valence-electron chi connectivity index (χ2n) is 6.97. The van der Waals surface area contributed by atoms with Crippen LogP contribution in [0.3, 0.4) is 0 Å². The zero-order valence-corrected chi connectivity index (χ0v) is 15.0. The minimum absolute atomic E-state index is 0.117. The van der Waals surface area contributed by atoms with Crippen molar-refractivity contribution >= 4 is 6.09 Å². The van der Waals surface area contributed by atoms with Crippen LogP contribution in [0, 0.1) is 0 Å². The van der Waals surface area contributed by atoms with E-state index < -0.39 is 17.8 Å². The molecular formula is C18H27NO5. The van der Waals surface area contributed by atoms with E-state index in [9.17, 15) is 9.90 Å². The number of β-amino-alcohol motifs (C(OH)–C–C–N with tert-alkyl or cyclic N) is 1. The molecule has 0 spiro atoms. The molecule has 0 aliphatic carbocycles. The molecule has 134 valence electrons. The minimum Gasteiger partial charge on any atom is -0.493 e. The Morgan fingerprint density at radius 3 is 2.50 bits per heavy atom. The number of piperidine rings is 1. The predicted octanol–water partition coefficient (Wildman–Crippen LogP) is 2.79. The zero-order valence-electron chi connectivity index (χ0n) is 15.0. The Kier molecular flexibility index (Phi) is 5.59. The molecule has 1 aliphatic rings. The summed E-state index contributed by atoms with van der Waals surface area (Å²) in [7, 11) is 3.17. The van der Waals surface area contributed by atoms with Crippen molar-refractivity contribution in [2.24, 2.45) is 0 Å². The van der Waals surface area contributed by atoms with Crippen LogP contribution in [0.1, 0.15) is 38.7 Å². The summed E-state index contributed by atoms with van der Waals surface area (Å²) in [5.74, 6) is 1.15. The second kappa shape index (κ2) is 7.30. The Hall–Kier alpha value is -1.95. The summed E-state index contributed by atoms with van der Waals surface area (Å²) in [6.45, 7) is 6.25. The van der Waals surface area contributed by atoms with Gasteiger partial charge in [-0.05, 0) is 33.3 Å². The monoisotopic (exact) mass is 337 g/mol. The smallest absolute Gasteiger partial charge is 0.410 e. The molecule has 0 aromatic heterocycles. The Bertz CT molecular complexity index is 581. The van der Waals surface area contributed by atoms with E-state index in [1.54, 1.807) is 19.1 Å². The number of nitrogens with zero attached hydrogens (tertiary/aromatic N) is 1. The number of carbonyl (C=O) groups is 1. The molecule has 6 heteroatoms. The molecule has 24 heavy (non-hydrogen) atoms. The zero-order chi connectivity index (χ0) is 17.9. The van der Waals surface area contributed by atoms with Gasteiger partial charge >= 0.3 is 6.09 Å². The molecule has 1 N–H and O–H groups in total. The molecule has 0 bridgehead atoms. The van der Waals surface area contributed by atoms with E-state index in [2.05, 4.69) is 0 Å². The molecule has 1 aromatic rings. The van der Waals surface area contributed by atoms with Crippen molar-refractivity contribution in [2.75, 3.05) is 27.3 Å². The number of ether oxygens (including phenoxy) is 3. The number of benzene rings is 1. The van der Waals surface area contributed by atoms with E-state index >= 15 is 0 Å². The van der Waals surface area contributed by atoms with Crippen LogP contribution in [-0.2, 0) is 4.74 Å². The summed E-state index contributed by atoms with van der Waals surface area (Å²) in [5, 5.41) is 10.6. The molecule has 2 atom stereocenters. The van der Waals surface area contributed by atoms with Gasteiger partial charge in [-0.15, -0.1) is 0 Å². The molecule has 1 saturated heterocycles. The lowest BCUT2D eigenvalue weighted by Gasteiger charge is -2.37. The first-order valence-corrected chi connectivity index (χ1v) is 8.13. The number of aliphatic hydroxyl groups excluding tert-OH is 1. The van der Waals surface area contributed by atoms with Gasteiger partial charge in [0.25, 0.3) is 0 Å². The fourth-order valence-corrected chi connectivity index (χ4v) is 2.99. The van der Waals surface area contributed by atoms with Gasteiger partial charge in [-0.25, -0.2) is 4.79 Å². The van der Waals surface area contributed by atoms with Crippen LogP contribution in [0.2, 0.25) is 0 Å². The molecule has 1 fully saturated rings. The van der Waals surface area contributed by atoms with Crippen molar-refractivity contribution in [3.63, 3.8) is 0 Å². The Morgan fingerprint density at radius 1 is 1.25 bits per heavy atom. The SMILES string of the molecule is COc1cccc([C@H]2CCN(C(=O)OC(C)(C)C)C[C@@H]2O)c1OC. The van der Waals surface area contributed by atoms with E-state index in [4.69, 9.17) is 14.2 Å². The van der Waals surface area contributed by atoms with Gasteiger partial charge in [0.05, 0.1) is 26.9 Å². The van der Waals surface area contributed by atoms with Crippen LogP contribution < -0.4 is 9.47 Å². The van der Waals surface area contributed by atoms with E-state index in [1.165, 1.54) is 0 Å². The predicted molar refractivity (Wildman–Crippen MR) is 90.7 cm³/mol. The van der Waals surface area contributed by atoms with Gasteiger partial charge in [-0.2, -0.15) is 0 Å². The van der Waals surface area contributed by atoms with Gasteiger partial charge in [0.15, 0.2) is 11.5 Å². The highest BCUT2D eigenvalue weighted by molar-refractivity contribution is 5.68. The molecule has 1 aliphatic heterocycles. The van der Waals surface area contributed by atoms with E-state index in [1.807, 2.05) is 39.0 Å². The van der Waals surface area contributed by atoms with Gasteiger partial charge in [0.1, 0.15) is 5.60 Å². The Balaban J connectivity index is 2.13. The maximum atomic E-state index is 12.2. The standard InChI is InChI=1S/C18H27NO5/c1-18(2,3)24-17(21)19-10-9-12(14(20)11-19)13-7-6-8-15(22-4)16(13)23-5/h6-8,12,14,20H,9-11H2,1-5H3/t12-,14+/m1/s1. The van der Waals surface area contributed by atoms with E-state index in [0.717, 1.165) is 5.56 Å². The average Bonchev–Trinajstić information content (AvgIpc) is 2.52. The summed E-state index contributed by atoms with van der Waals surface area (Å²) >= 11 is 0. The van der Waals surface area contributed by atoms with Crippen molar-refractivity contribution in [1.82, 2.24) is 4.90 Å². The van der Waals surface area contributed by atoms with Crippen molar-refractivity contribution < 1.29 is 24.1 Å². The highest BCUT2D eigenvalue weighted by atomic mass is 16.6. The quantitative estimate of drug-likeness (QED) is 0.918. The maximum Gasteiger partial charge on any atom is 0.410 e. The van der Waals surface area contributed by atoms with Crippen LogP contribution in [0.15, 0.2) is 18.2 Å². The Morgan fingerprint density at radius 2 is 1.96 bits per heavy atom. The number of aliphatic hydroxyl groups is 1. The number of amides is 1. The molecular weight excluding hydrogens is 310 g/mol. The highest BCUT2D eigenvalue weighted by Gasteiger charge is 2.35. The molecule has 0 radical (unpaired) electrons. The molecule has 1 aromatic carbocycles. The largest absolute Gasteiger partial charge is 0.493 e. The first kappa shape index (κ1) is 18.4. The molecule has 6 nitrogen and oxygen atoms in total. The fourth-order valence-electron chi connectivity index (χ4n) is 2.99. The van der Waals surface area contributed by atoms with E-state index in [0.29, 0.717) is 24.5 Å². The molecule has 1 amide bonds. The molecule has 1 heterocycles. The Labute approximate surface area is 143 Å². The minimum atomic E-state index is -0.688. The maximum absolute atomic E-state index is 12.2. The number of rotatable bonds is 3. The summed E-state index contributed by atoms with van der Waals surface area (Å²) in [5.41, 5.74) is 0.350. The number of carbonyl (C=O) groups excluding carboxylic acids is 1. The summed E-state index contributed by atoms with van der Waals surface area (Å²) in [4.78, 5) is 13.7. The first-order chi connectivity index (χ1) is 11.3. The lowest BCUT2D eigenvalue weighted by Crippen LogP contribution is -2.47. The van der Waals surface area contributed by atoms with Gasteiger partial charge in [-0.3, -0.25) is 0 Å². The van der Waals surface area contributed by atoms with Gasteiger partial charge in [0.2, 0.25) is 0 Å². The number of likely N-dealkylation sites (tertiary alicyclic amines) is 1. The summed E-state index contributed by atoms with van der Waals surface area (Å²) in [6.07, 6.45) is -0.450. The van der Waals surface area contributed by atoms with Crippen LogP contribution in [0.4, 0.5) is 4.79 Å². The van der Waals surface area contributed by atoms with Gasteiger partial charge < -0.3 is 24.2 Å². The lowest BCUT2D eigenvalue weighted by molar-refractivity contribution is -0.00172. The summed E-state index contributed by atoms with van der Waals surface area (Å²) < 4.78 is 16.2. The highest BCUT2D eigenvalue weighted by Crippen LogP contribution is 2.39. The van der Waals surface area contributed by atoms with Crippen molar-refractivity contribution in [3.05, 3.63) is 23.8 Å². The van der Waals surface area contributed by atoms with Crippen molar-refractivity contribution in [1.29, 1.82) is 0 Å². The topological polar surface area (TPSA) is 68.2 Å². The molecule has 2 rings (SSSR count). The molecule has 0 saturated carbocycles. The number of para-hydroxylation sites is 1. The first-order valence-electron chi connectivity index (χ1n) is 8.13. The summed E-state index contributed by atoms with van der Waals surface area (Å²) in [6, 6.07) is 5.63. The van der Waals surface area contributed by atoms with Gasteiger partial charge in [0, 0.05) is 18.0 Å². The third kappa shape index (κ3) is 4.12. The lowest BCUT2D eigenvalue weighted by atomic mass is 9.86. The molecule has 0 unspecified atom stereocenters. The number of hydrogen-bond acceptors (Lipinski definition) is 5. The van der Waals surface area contributed by atoms with Crippen molar-refractivity contribution in [2.45, 2.75) is 44.8 Å². The third-order valence-corrected chi connectivity index (χ3v) is 4.07. The third-order valence-electron chi connectivity index (χ3n) is 4.07. The van der Waals surface area contributed by atoms with E-state index in [-0.39, 0.29) is 12.5 Å². The van der Waals surface area contributed by atoms with Gasteiger partial charge in [-0.1, -0.05) is 12.1 Å². The second-order valence-corrected chi connectivity index (χ2v) is 6.97. The van der Waals surface area contributed by atoms with Crippen LogP contribution in [0.25, 0.3) is 0 Å². The van der Waals surface area contributed by atoms with Crippen molar-refractivity contribution in [3.8, 4) is 11.5 Å². The van der Waals surface area contributed by atoms with Crippen LogP contribution >= 0.6 is 0 Å². The average molecular weight is 337 g/mol. The normalized spacial score (nSPS) is 21.3. The van der Waals surface area contributed by atoms with Crippen LogP contribution in [-0.4, -0.2) is 55.1 Å². The fraction of sp³-hybridized carbons (Fsp3) is 0.611. The van der Waals surface area contributed by atoms with Crippen LogP contribution in [0.5, 0.6) is 11.5 Å². The number of methoxy groups -OCH3 is 2.